The van der Waals surface area contributed by atoms with Crippen molar-refractivity contribution in [3.63, 3.8) is 0 Å². The first-order chi connectivity index (χ1) is 9.16. The molecule has 1 aromatic carbocycles. The summed E-state index contributed by atoms with van der Waals surface area (Å²) in [5.41, 5.74) is 0.710. The zero-order chi connectivity index (χ0) is 13.7. The van der Waals surface area contributed by atoms with Gasteiger partial charge in [0.2, 0.25) is 5.91 Å². The Bertz CT molecular complexity index is 447. The number of amides is 1. The Labute approximate surface area is 126 Å². The smallest absolute Gasteiger partial charge is 0.224 e. The molecule has 0 bridgehead atoms. The second-order valence-electron chi connectivity index (χ2n) is 4.68. The first-order valence-corrected chi connectivity index (χ1v) is 7.69. The fourth-order valence-electron chi connectivity index (χ4n) is 2.14. The van der Waals surface area contributed by atoms with Crippen LogP contribution < -0.4 is 5.32 Å². The fraction of sp³-hybridized carbons (Fsp3) is 0.500. The summed E-state index contributed by atoms with van der Waals surface area (Å²) in [6, 6.07) is 5.41. The van der Waals surface area contributed by atoms with E-state index in [1.165, 1.54) is 6.42 Å². The molecule has 1 N–H and O–H groups in total. The fourth-order valence-corrected chi connectivity index (χ4v) is 2.68. The number of nitrogens with one attached hydrogen (secondary N) is 1. The van der Waals surface area contributed by atoms with Crippen LogP contribution in [0.25, 0.3) is 0 Å². The van der Waals surface area contributed by atoms with Crippen molar-refractivity contribution >= 4 is 39.1 Å². The van der Waals surface area contributed by atoms with E-state index in [0.29, 0.717) is 17.1 Å². The van der Waals surface area contributed by atoms with E-state index in [9.17, 15) is 4.79 Å². The maximum absolute atomic E-state index is 11.9. The molecule has 1 atom stereocenters. The third kappa shape index (κ3) is 4.48. The highest BCUT2D eigenvalue weighted by atomic mass is 79.9. The average molecular weight is 347 g/mol. The minimum absolute atomic E-state index is 0.00265. The van der Waals surface area contributed by atoms with E-state index < -0.39 is 0 Å². The zero-order valence-electron chi connectivity index (χ0n) is 10.6. The van der Waals surface area contributed by atoms with Gasteiger partial charge < -0.3 is 10.1 Å². The Hall–Kier alpha value is -0.580. The van der Waals surface area contributed by atoms with Gasteiger partial charge in [-0.2, -0.15) is 0 Å². The molecule has 0 aromatic heterocycles. The lowest BCUT2D eigenvalue weighted by Gasteiger charge is -2.22. The minimum atomic E-state index is -0.00265. The molecule has 104 valence electrons. The van der Waals surface area contributed by atoms with E-state index in [4.69, 9.17) is 16.3 Å². The Morgan fingerprint density at radius 1 is 1.47 bits per heavy atom. The van der Waals surface area contributed by atoms with Crippen LogP contribution in [0.15, 0.2) is 22.7 Å². The van der Waals surface area contributed by atoms with Crippen molar-refractivity contribution in [2.75, 3.05) is 11.9 Å². The van der Waals surface area contributed by atoms with Crippen LogP contribution >= 0.6 is 27.5 Å². The Balaban J connectivity index is 1.82. The van der Waals surface area contributed by atoms with Gasteiger partial charge in [0.1, 0.15) is 0 Å². The number of hydrogen-bond donors (Lipinski definition) is 1. The lowest BCUT2D eigenvalue weighted by atomic mass is 10.0. The highest BCUT2D eigenvalue weighted by Crippen LogP contribution is 2.30. The average Bonchev–Trinajstić information content (AvgIpc) is 2.43. The van der Waals surface area contributed by atoms with E-state index in [1.807, 2.05) is 12.1 Å². The molecular formula is C14H17BrClNO2. The van der Waals surface area contributed by atoms with Crippen LogP contribution in [0.4, 0.5) is 5.69 Å². The number of rotatable bonds is 4. The van der Waals surface area contributed by atoms with Crippen LogP contribution in [0.1, 0.15) is 32.1 Å². The molecule has 1 aliphatic heterocycles. The third-order valence-corrected chi connectivity index (χ3v) is 4.59. The Morgan fingerprint density at radius 2 is 2.32 bits per heavy atom. The topological polar surface area (TPSA) is 38.3 Å². The number of carbonyl (C=O) groups excluding carboxylic acids is 1. The number of anilines is 1. The molecule has 1 unspecified atom stereocenters. The molecule has 2 rings (SSSR count). The summed E-state index contributed by atoms with van der Waals surface area (Å²) >= 11 is 9.34. The first-order valence-electron chi connectivity index (χ1n) is 6.52. The standard InChI is InChI=1S/C14H17BrClNO2/c15-14-11(16)5-3-6-12(14)17-13(18)8-7-10-4-1-2-9-19-10/h3,5-6,10H,1-2,4,7-9H2,(H,17,18). The van der Waals surface area contributed by atoms with E-state index >= 15 is 0 Å². The van der Waals surface area contributed by atoms with Gasteiger partial charge in [0.05, 0.1) is 21.3 Å². The van der Waals surface area contributed by atoms with Crippen molar-refractivity contribution in [2.24, 2.45) is 0 Å². The summed E-state index contributed by atoms with van der Waals surface area (Å²) in [5.74, 6) is -0.00265. The van der Waals surface area contributed by atoms with Crippen LogP contribution in [-0.4, -0.2) is 18.6 Å². The second kappa shape index (κ2) is 7.27. The van der Waals surface area contributed by atoms with Crippen LogP contribution in [-0.2, 0) is 9.53 Å². The van der Waals surface area contributed by atoms with Gasteiger partial charge in [-0.1, -0.05) is 17.7 Å². The molecule has 0 spiro atoms. The Morgan fingerprint density at radius 3 is 3.05 bits per heavy atom. The highest BCUT2D eigenvalue weighted by molar-refractivity contribution is 9.10. The molecule has 5 heteroatoms. The molecule has 19 heavy (non-hydrogen) atoms. The normalized spacial score (nSPS) is 19.2. The van der Waals surface area contributed by atoms with Crippen LogP contribution in [0.3, 0.4) is 0 Å². The summed E-state index contributed by atoms with van der Waals surface area (Å²) in [6.45, 7) is 0.826. The van der Waals surface area contributed by atoms with Gasteiger partial charge in [0, 0.05) is 13.0 Å². The molecule has 1 saturated heterocycles. The van der Waals surface area contributed by atoms with Crippen molar-refractivity contribution in [3.8, 4) is 0 Å². The lowest BCUT2D eigenvalue weighted by molar-refractivity contribution is -0.117. The monoisotopic (exact) mass is 345 g/mol. The summed E-state index contributed by atoms with van der Waals surface area (Å²) in [5, 5.41) is 3.46. The minimum Gasteiger partial charge on any atom is -0.378 e. The predicted molar refractivity (Wildman–Crippen MR) is 80.6 cm³/mol. The van der Waals surface area contributed by atoms with Gasteiger partial charge in [-0.05, 0) is 53.7 Å². The van der Waals surface area contributed by atoms with Crippen molar-refractivity contribution in [3.05, 3.63) is 27.7 Å². The molecule has 1 aromatic rings. The SMILES string of the molecule is O=C(CCC1CCCCO1)Nc1cccc(Cl)c1Br. The second-order valence-corrected chi connectivity index (χ2v) is 5.88. The van der Waals surface area contributed by atoms with Gasteiger partial charge in [0.25, 0.3) is 0 Å². The van der Waals surface area contributed by atoms with E-state index in [0.717, 1.165) is 30.3 Å². The number of halogens is 2. The Kier molecular flexibility index (Phi) is 5.67. The molecule has 1 amide bonds. The number of benzene rings is 1. The largest absolute Gasteiger partial charge is 0.378 e. The molecular weight excluding hydrogens is 330 g/mol. The van der Waals surface area contributed by atoms with Crippen LogP contribution in [0, 0.1) is 0 Å². The van der Waals surface area contributed by atoms with Gasteiger partial charge in [-0.15, -0.1) is 0 Å². The summed E-state index contributed by atoms with van der Waals surface area (Å²) in [4.78, 5) is 11.9. The zero-order valence-corrected chi connectivity index (χ0v) is 13.0. The van der Waals surface area contributed by atoms with Gasteiger partial charge in [-0.25, -0.2) is 0 Å². The highest BCUT2D eigenvalue weighted by Gasteiger charge is 2.15. The first kappa shape index (κ1) is 14.8. The molecule has 0 saturated carbocycles. The summed E-state index contributed by atoms with van der Waals surface area (Å²) < 4.78 is 6.33. The van der Waals surface area contributed by atoms with Gasteiger partial charge in [-0.3, -0.25) is 4.79 Å². The van der Waals surface area contributed by atoms with Crippen molar-refractivity contribution in [2.45, 2.75) is 38.2 Å². The van der Waals surface area contributed by atoms with E-state index in [-0.39, 0.29) is 12.0 Å². The van der Waals surface area contributed by atoms with E-state index in [1.54, 1.807) is 6.07 Å². The molecule has 1 fully saturated rings. The predicted octanol–water partition coefficient (Wildman–Crippen LogP) is 4.39. The summed E-state index contributed by atoms with van der Waals surface area (Å²) in [7, 11) is 0. The van der Waals surface area contributed by atoms with Gasteiger partial charge >= 0.3 is 0 Å². The van der Waals surface area contributed by atoms with E-state index in [2.05, 4.69) is 21.2 Å². The van der Waals surface area contributed by atoms with Crippen molar-refractivity contribution in [1.29, 1.82) is 0 Å². The maximum Gasteiger partial charge on any atom is 0.224 e. The molecule has 3 nitrogen and oxygen atoms in total. The van der Waals surface area contributed by atoms with Crippen LogP contribution in [0.5, 0.6) is 0 Å². The van der Waals surface area contributed by atoms with Crippen molar-refractivity contribution in [1.82, 2.24) is 0 Å². The van der Waals surface area contributed by atoms with Crippen LogP contribution in [0.2, 0.25) is 5.02 Å². The molecule has 0 aliphatic carbocycles. The third-order valence-electron chi connectivity index (χ3n) is 3.19. The lowest BCUT2D eigenvalue weighted by Crippen LogP contribution is -2.21. The molecule has 1 aliphatic rings. The molecule has 0 radical (unpaired) electrons. The number of hydrogen-bond acceptors (Lipinski definition) is 2. The van der Waals surface area contributed by atoms with Gasteiger partial charge in [0.15, 0.2) is 0 Å². The molecule has 1 heterocycles. The maximum atomic E-state index is 11.9. The quantitative estimate of drug-likeness (QED) is 0.878. The number of carbonyl (C=O) groups is 1. The summed E-state index contributed by atoms with van der Waals surface area (Å²) in [6.07, 6.45) is 4.90. The number of ether oxygens (including phenoxy) is 1. The van der Waals surface area contributed by atoms with Crippen molar-refractivity contribution < 1.29 is 9.53 Å².